The highest BCUT2D eigenvalue weighted by atomic mass is 16.3. The Hall–Kier alpha value is -3.94. The first-order valence-corrected chi connectivity index (χ1v) is 20.7. The second-order valence-electron chi connectivity index (χ2n) is 15.7. The third-order valence-electron chi connectivity index (χ3n) is 12.0. The van der Waals surface area contributed by atoms with Gasteiger partial charge in [0.1, 0.15) is 5.76 Å². The van der Waals surface area contributed by atoms with E-state index in [2.05, 4.69) is 35.0 Å². The van der Waals surface area contributed by atoms with E-state index in [0.717, 1.165) is 140 Å². The highest BCUT2D eigenvalue weighted by molar-refractivity contribution is 6.42. The molecule has 8 nitrogen and oxygen atoms in total. The Morgan fingerprint density at radius 2 is 1.44 bits per heavy atom. The van der Waals surface area contributed by atoms with Crippen molar-refractivity contribution < 1.29 is 19.5 Å². The van der Waals surface area contributed by atoms with Crippen LogP contribution in [0, 0.1) is 0 Å². The van der Waals surface area contributed by atoms with Gasteiger partial charge in [-0.1, -0.05) is 65.2 Å². The summed E-state index contributed by atoms with van der Waals surface area (Å²) in [4.78, 5) is 51.1. The molecule has 0 radical (unpaired) electrons. The number of hydrogen-bond acceptors (Lipinski definition) is 6. The number of carbonyl (C=O) groups is 3. The molecule has 8 heteroatoms. The topological polar surface area (TPSA) is 102 Å². The summed E-state index contributed by atoms with van der Waals surface area (Å²) >= 11 is 0. The zero-order chi connectivity index (χ0) is 36.2. The number of piperidine rings is 1. The van der Waals surface area contributed by atoms with Crippen molar-refractivity contribution in [1.82, 2.24) is 4.90 Å². The molecule has 4 aliphatic heterocycles. The van der Waals surface area contributed by atoms with E-state index in [1.54, 1.807) is 0 Å². The lowest BCUT2D eigenvalue weighted by Gasteiger charge is -2.42. The van der Waals surface area contributed by atoms with Crippen molar-refractivity contribution in [2.75, 3.05) is 36.4 Å². The van der Waals surface area contributed by atoms with Crippen LogP contribution < -0.4 is 10.2 Å². The van der Waals surface area contributed by atoms with E-state index in [1.807, 2.05) is 6.08 Å². The zero-order valence-corrected chi connectivity index (χ0v) is 31.6. The number of ketones is 1. The Morgan fingerprint density at radius 3 is 2.17 bits per heavy atom. The van der Waals surface area contributed by atoms with Crippen molar-refractivity contribution in [1.29, 1.82) is 0 Å². The summed E-state index contributed by atoms with van der Waals surface area (Å²) in [5, 5.41) is 15.3. The van der Waals surface area contributed by atoms with E-state index in [-0.39, 0.29) is 34.5 Å². The maximum absolute atomic E-state index is 14.6. The van der Waals surface area contributed by atoms with E-state index in [9.17, 15) is 19.5 Å². The van der Waals surface area contributed by atoms with Crippen LogP contribution >= 0.6 is 0 Å². The minimum absolute atomic E-state index is 0.0365. The van der Waals surface area contributed by atoms with Gasteiger partial charge in [-0.05, 0) is 93.1 Å². The smallest absolute Gasteiger partial charge is 0.246 e. The average Bonchev–Trinajstić information content (AvgIpc) is 3.14. The van der Waals surface area contributed by atoms with Crippen LogP contribution in [0.1, 0.15) is 146 Å². The molecule has 2 N–H and O–H groups in total. The summed E-state index contributed by atoms with van der Waals surface area (Å²) in [5.74, 6) is -0.474. The number of amides is 2. The summed E-state index contributed by atoms with van der Waals surface area (Å²) in [6.45, 7) is 8.34. The molecule has 0 bridgehead atoms. The van der Waals surface area contributed by atoms with Gasteiger partial charge in [0.15, 0.2) is 0 Å². The third-order valence-corrected chi connectivity index (χ3v) is 12.0. The molecule has 1 fully saturated rings. The largest absolute Gasteiger partial charge is 0.506 e. The van der Waals surface area contributed by atoms with Gasteiger partial charge in [0.25, 0.3) is 0 Å². The number of aliphatic hydroxyl groups excluding tert-OH is 1. The van der Waals surface area contributed by atoms with Crippen LogP contribution in [-0.2, 0) is 27.2 Å². The first-order chi connectivity index (χ1) is 25.4. The lowest BCUT2D eigenvalue weighted by Crippen LogP contribution is -2.38. The van der Waals surface area contributed by atoms with Crippen molar-refractivity contribution in [2.45, 2.75) is 142 Å². The van der Waals surface area contributed by atoms with Gasteiger partial charge in [-0.3, -0.25) is 14.4 Å². The molecule has 1 aromatic carbocycles. The third kappa shape index (κ3) is 7.19. The molecule has 0 aromatic heterocycles. The highest BCUT2D eigenvalue weighted by Gasteiger charge is 2.43. The molecule has 0 saturated carbocycles. The van der Waals surface area contributed by atoms with Crippen molar-refractivity contribution in [3.8, 4) is 0 Å². The lowest BCUT2D eigenvalue weighted by atomic mass is 9.73. The van der Waals surface area contributed by atoms with Crippen LogP contribution in [0.25, 0.3) is 5.57 Å². The average molecular weight is 707 g/mol. The first kappa shape index (κ1) is 36.4. The summed E-state index contributed by atoms with van der Waals surface area (Å²) in [5.41, 5.74) is 9.92. The van der Waals surface area contributed by atoms with Crippen molar-refractivity contribution >= 4 is 40.3 Å². The van der Waals surface area contributed by atoms with Crippen LogP contribution in [-0.4, -0.2) is 59.5 Å². The number of carbonyl (C=O) groups excluding carboxylic acids is 3. The molecule has 0 spiro atoms. The number of nitrogens with one attached hydrogen (secondary N) is 1. The molecule has 6 aliphatic rings. The summed E-state index contributed by atoms with van der Waals surface area (Å²) in [6, 6.07) is 2.06. The van der Waals surface area contributed by atoms with Crippen LogP contribution in [0.3, 0.4) is 0 Å². The van der Waals surface area contributed by atoms with E-state index < -0.39 is 0 Å². The molecule has 0 unspecified atom stereocenters. The fourth-order valence-electron chi connectivity index (χ4n) is 9.42. The predicted molar refractivity (Wildman–Crippen MR) is 210 cm³/mol. The molecule has 0 atom stereocenters. The van der Waals surface area contributed by atoms with Gasteiger partial charge >= 0.3 is 0 Å². The number of aliphatic imine (C=N–C) groups is 1. The number of hydrogen-bond donors (Lipinski definition) is 2. The van der Waals surface area contributed by atoms with Gasteiger partial charge in [-0.2, -0.15) is 0 Å². The van der Waals surface area contributed by atoms with Crippen LogP contribution in [0.2, 0.25) is 0 Å². The quantitative estimate of drug-likeness (QED) is 0.148. The molecule has 2 aliphatic carbocycles. The van der Waals surface area contributed by atoms with E-state index >= 15 is 0 Å². The number of benzene rings is 1. The van der Waals surface area contributed by atoms with Crippen molar-refractivity contribution in [2.24, 2.45) is 4.99 Å². The van der Waals surface area contributed by atoms with Crippen molar-refractivity contribution in [3.05, 3.63) is 62.6 Å². The summed E-state index contributed by atoms with van der Waals surface area (Å²) in [7, 11) is 0. The molecule has 1 aromatic rings. The molecule has 278 valence electrons. The number of allylic oxidation sites excluding steroid dienone is 6. The van der Waals surface area contributed by atoms with E-state index in [0.29, 0.717) is 35.4 Å². The van der Waals surface area contributed by atoms with Crippen LogP contribution in [0.4, 0.5) is 11.4 Å². The molecule has 2 amide bonds. The van der Waals surface area contributed by atoms with Gasteiger partial charge in [0.2, 0.25) is 17.6 Å². The number of nitrogens with zero attached hydrogens (tertiary/aromatic N) is 3. The number of Topliss-reactive ketones (excluding diaryl/α,β-unsaturated/α-hetero) is 1. The normalized spacial score (nSPS) is 21.6. The van der Waals surface area contributed by atoms with Gasteiger partial charge in [-0.25, -0.2) is 4.99 Å². The predicted octanol–water partition coefficient (Wildman–Crippen LogP) is 9.24. The Morgan fingerprint density at radius 1 is 0.788 bits per heavy atom. The Kier molecular flexibility index (Phi) is 11.5. The fourth-order valence-corrected chi connectivity index (χ4v) is 9.42. The number of aliphatic hydroxyl groups is 1. The van der Waals surface area contributed by atoms with Gasteiger partial charge in [0, 0.05) is 67.1 Å². The zero-order valence-electron chi connectivity index (χ0n) is 31.6. The first-order valence-electron chi connectivity index (χ1n) is 20.7. The van der Waals surface area contributed by atoms with E-state index in [4.69, 9.17) is 4.99 Å². The molecule has 1 saturated heterocycles. The summed E-state index contributed by atoms with van der Waals surface area (Å²) in [6.07, 6.45) is 20.9. The Balaban J connectivity index is 1.28. The van der Waals surface area contributed by atoms with E-state index in [1.165, 1.54) is 35.4 Å². The summed E-state index contributed by atoms with van der Waals surface area (Å²) < 4.78 is 0. The van der Waals surface area contributed by atoms with Crippen molar-refractivity contribution in [3.63, 3.8) is 0 Å². The fraction of sp³-hybridized carbons (Fsp3) is 0.591. The molecular weight excluding hydrogens is 649 g/mol. The Labute approximate surface area is 310 Å². The van der Waals surface area contributed by atoms with Gasteiger partial charge < -0.3 is 20.2 Å². The van der Waals surface area contributed by atoms with Crippen LogP contribution in [0.5, 0.6) is 0 Å². The second-order valence-corrected chi connectivity index (χ2v) is 15.7. The Bertz CT molecular complexity index is 1770. The number of unbranched alkanes of at least 4 members (excludes halogenated alkanes) is 8. The number of anilines is 2. The number of aryl methyl sites for hydroxylation is 1. The monoisotopic (exact) mass is 706 g/mol. The second kappa shape index (κ2) is 16.4. The maximum Gasteiger partial charge on any atom is 0.246 e. The minimum Gasteiger partial charge on any atom is -0.506 e. The maximum atomic E-state index is 14.6. The molecule has 7 rings (SSSR count). The molecular formula is C44H58N4O4. The van der Waals surface area contributed by atoms with Gasteiger partial charge in [0.05, 0.1) is 22.5 Å². The highest BCUT2D eigenvalue weighted by Crippen LogP contribution is 2.49. The standard InChI is InChI=1S/C44H58N4O4/c1-3-5-7-9-11-21-35(49)45-39-31-19-15-25-47-23-13-17-29(41(31)47)27-33(39)37-43(51)38(44(37)52)34-28-30-18-14-24-48-26-16-20-32(42(30)48)40(34)46-36(50)22-12-10-8-6-4-2/h27-28,51H,3-26H2,1-2H3,(H,45,49)/b38-34-,46-40?. The lowest BCUT2D eigenvalue weighted by molar-refractivity contribution is -0.118. The minimum atomic E-state index is -0.234. The molecule has 4 heterocycles. The van der Waals surface area contributed by atoms with Gasteiger partial charge in [-0.15, -0.1) is 0 Å². The molecule has 52 heavy (non-hydrogen) atoms. The SMILES string of the molecule is CCCCCCCC(=O)N=C1C2=C3C(=C/C1=C1/C(=O)C(c4cc5c6c(c4NC(=O)CCCCCCC)CCCN6CCC5)=C1O)CCCN3CCC2. The number of rotatable bonds is 14. The van der Waals surface area contributed by atoms with Crippen LogP contribution in [0.15, 0.2) is 50.9 Å².